The molecule has 0 saturated carbocycles. The van der Waals surface area contributed by atoms with Crippen LogP contribution in [0.2, 0.25) is 0 Å². The number of benzene rings is 2. The van der Waals surface area contributed by atoms with E-state index in [0.29, 0.717) is 23.7 Å². The molecule has 0 aliphatic carbocycles. The molecular weight excluding hydrogens is 347 g/mol. The number of carbonyl (C=O) groups excluding carboxylic acids is 1. The van der Waals surface area contributed by atoms with Crippen LogP contribution in [0.5, 0.6) is 0 Å². The highest BCUT2D eigenvalue weighted by Gasteiger charge is 2.12. The number of hydrogen-bond acceptors (Lipinski definition) is 4. The Bertz CT molecular complexity index is 1090. The van der Waals surface area contributed by atoms with Gasteiger partial charge in [0.1, 0.15) is 11.4 Å². The monoisotopic (exact) mass is 368 g/mol. The number of fused-ring (bicyclic) bond motifs is 1. The van der Waals surface area contributed by atoms with Crippen molar-refractivity contribution in [3.05, 3.63) is 74.9 Å². The SMILES string of the molecule is Cc1cc2oc(=O)cc(CNc3ccc(F)c(C(N)=O)c3)c2cc1C(C)C. The molecule has 0 radical (unpaired) electrons. The highest BCUT2D eigenvalue weighted by atomic mass is 19.1. The molecule has 2 aromatic carbocycles. The first-order valence-corrected chi connectivity index (χ1v) is 8.66. The zero-order valence-corrected chi connectivity index (χ0v) is 15.4. The topological polar surface area (TPSA) is 85.3 Å². The Labute approximate surface area is 156 Å². The van der Waals surface area contributed by atoms with Crippen molar-refractivity contribution in [1.82, 2.24) is 0 Å². The van der Waals surface area contributed by atoms with E-state index in [1.165, 1.54) is 29.8 Å². The second-order valence-electron chi connectivity index (χ2n) is 6.86. The first kappa shape index (κ1) is 18.6. The second kappa shape index (κ2) is 7.23. The number of amides is 1. The van der Waals surface area contributed by atoms with Crippen molar-refractivity contribution in [2.24, 2.45) is 5.73 Å². The fraction of sp³-hybridized carbons (Fsp3) is 0.238. The summed E-state index contributed by atoms with van der Waals surface area (Å²) < 4.78 is 19.0. The minimum Gasteiger partial charge on any atom is -0.423 e. The van der Waals surface area contributed by atoms with Crippen molar-refractivity contribution in [1.29, 1.82) is 0 Å². The molecule has 0 aliphatic rings. The molecule has 0 spiro atoms. The van der Waals surface area contributed by atoms with Crippen LogP contribution in [-0.4, -0.2) is 5.91 Å². The molecule has 0 aliphatic heterocycles. The summed E-state index contributed by atoms with van der Waals surface area (Å²) >= 11 is 0. The summed E-state index contributed by atoms with van der Waals surface area (Å²) in [6.45, 7) is 6.51. The minimum atomic E-state index is -0.834. The predicted octanol–water partition coefficient (Wildman–Crippen LogP) is 4.07. The minimum absolute atomic E-state index is 0.185. The molecular formula is C21H21FN2O3. The zero-order valence-electron chi connectivity index (χ0n) is 15.4. The van der Waals surface area contributed by atoms with Gasteiger partial charge in [-0.1, -0.05) is 13.8 Å². The lowest BCUT2D eigenvalue weighted by Crippen LogP contribution is -2.14. The van der Waals surface area contributed by atoms with E-state index in [1.54, 1.807) is 0 Å². The number of rotatable bonds is 5. The third kappa shape index (κ3) is 3.84. The average molecular weight is 368 g/mol. The van der Waals surface area contributed by atoms with Crippen molar-refractivity contribution in [3.63, 3.8) is 0 Å². The number of halogens is 1. The van der Waals surface area contributed by atoms with Gasteiger partial charge in [0.15, 0.2) is 0 Å². The summed E-state index contributed by atoms with van der Waals surface area (Å²) in [6.07, 6.45) is 0. The average Bonchev–Trinajstić information content (AvgIpc) is 2.59. The lowest BCUT2D eigenvalue weighted by molar-refractivity contribution is 0.0996. The number of nitrogens with one attached hydrogen (secondary N) is 1. The molecule has 5 nitrogen and oxygen atoms in total. The van der Waals surface area contributed by atoms with Crippen molar-refractivity contribution >= 4 is 22.6 Å². The maximum absolute atomic E-state index is 13.6. The van der Waals surface area contributed by atoms with Crippen LogP contribution in [0.4, 0.5) is 10.1 Å². The first-order valence-electron chi connectivity index (χ1n) is 8.66. The van der Waals surface area contributed by atoms with Crippen molar-refractivity contribution < 1.29 is 13.6 Å². The van der Waals surface area contributed by atoms with Gasteiger partial charge in [-0.3, -0.25) is 4.79 Å². The molecule has 0 atom stereocenters. The highest BCUT2D eigenvalue weighted by molar-refractivity contribution is 5.94. The van der Waals surface area contributed by atoms with Crippen molar-refractivity contribution in [2.45, 2.75) is 33.2 Å². The first-order chi connectivity index (χ1) is 12.8. The Morgan fingerprint density at radius 3 is 2.63 bits per heavy atom. The fourth-order valence-corrected chi connectivity index (χ4v) is 3.18. The fourth-order valence-electron chi connectivity index (χ4n) is 3.18. The van der Waals surface area contributed by atoms with Gasteiger partial charge in [-0.05, 0) is 59.9 Å². The van der Waals surface area contributed by atoms with Crippen LogP contribution in [0.25, 0.3) is 11.0 Å². The molecule has 0 unspecified atom stereocenters. The summed E-state index contributed by atoms with van der Waals surface area (Å²) in [4.78, 5) is 23.2. The van der Waals surface area contributed by atoms with Gasteiger partial charge in [-0.2, -0.15) is 0 Å². The molecule has 1 aromatic heterocycles. The van der Waals surface area contributed by atoms with Gasteiger partial charge < -0.3 is 15.5 Å². The van der Waals surface area contributed by atoms with Gasteiger partial charge >= 0.3 is 5.63 Å². The van der Waals surface area contributed by atoms with Crippen LogP contribution < -0.4 is 16.7 Å². The Balaban J connectivity index is 1.99. The molecule has 3 N–H and O–H groups in total. The molecule has 6 heteroatoms. The van der Waals surface area contributed by atoms with Crippen LogP contribution >= 0.6 is 0 Å². The van der Waals surface area contributed by atoms with E-state index in [1.807, 2.05) is 19.1 Å². The Morgan fingerprint density at radius 2 is 1.96 bits per heavy atom. The van der Waals surface area contributed by atoms with Crippen molar-refractivity contribution in [2.75, 3.05) is 5.32 Å². The predicted molar refractivity (Wildman–Crippen MR) is 104 cm³/mol. The lowest BCUT2D eigenvalue weighted by atomic mass is 9.95. The third-order valence-electron chi connectivity index (χ3n) is 4.55. The number of primary amides is 1. The maximum atomic E-state index is 13.6. The molecule has 140 valence electrons. The van der Waals surface area contributed by atoms with Crippen LogP contribution in [0.15, 0.2) is 45.6 Å². The normalized spacial score (nSPS) is 11.1. The van der Waals surface area contributed by atoms with Gasteiger partial charge in [0, 0.05) is 23.7 Å². The molecule has 0 saturated heterocycles. The molecule has 1 heterocycles. The molecule has 27 heavy (non-hydrogen) atoms. The summed E-state index contributed by atoms with van der Waals surface area (Å²) in [7, 11) is 0. The zero-order chi connectivity index (χ0) is 19.7. The summed E-state index contributed by atoms with van der Waals surface area (Å²) in [5.74, 6) is -1.17. The number of nitrogens with two attached hydrogens (primary N) is 1. The molecule has 3 aromatic rings. The van der Waals surface area contributed by atoms with Gasteiger partial charge in [0.25, 0.3) is 5.91 Å². The third-order valence-corrected chi connectivity index (χ3v) is 4.55. The maximum Gasteiger partial charge on any atom is 0.336 e. The van der Waals surface area contributed by atoms with Gasteiger partial charge in [0.2, 0.25) is 0 Å². The van der Waals surface area contributed by atoms with Crippen LogP contribution in [-0.2, 0) is 6.54 Å². The van der Waals surface area contributed by atoms with E-state index in [-0.39, 0.29) is 5.56 Å². The number of aryl methyl sites for hydroxylation is 1. The van der Waals surface area contributed by atoms with E-state index in [9.17, 15) is 14.0 Å². The van der Waals surface area contributed by atoms with Gasteiger partial charge in [-0.15, -0.1) is 0 Å². The Hall–Kier alpha value is -3.15. The number of hydrogen-bond donors (Lipinski definition) is 2. The highest BCUT2D eigenvalue weighted by Crippen LogP contribution is 2.27. The Kier molecular flexibility index (Phi) is 4.99. The van der Waals surface area contributed by atoms with E-state index in [4.69, 9.17) is 10.2 Å². The van der Waals surface area contributed by atoms with E-state index < -0.39 is 17.3 Å². The van der Waals surface area contributed by atoms with Gasteiger partial charge in [-0.25, -0.2) is 9.18 Å². The van der Waals surface area contributed by atoms with E-state index >= 15 is 0 Å². The number of carbonyl (C=O) groups is 1. The van der Waals surface area contributed by atoms with Crippen LogP contribution in [0, 0.1) is 12.7 Å². The summed E-state index contributed by atoms with van der Waals surface area (Å²) in [5.41, 5.74) is 8.62. The molecule has 0 bridgehead atoms. The van der Waals surface area contributed by atoms with E-state index in [2.05, 4.69) is 19.2 Å². The standard InChI is InChI=1S/C21H21FN2O3/c1-11(2)15-9-16-13(7-20(25)27-19(16)6-12(15)3)10-24-14-4-5-18(22)17(8-14)21(23)26/h4-9,11,24H,10H2,1-3H3,(H2,23,26). The second-order valence-corrected chi connectivity index (χ2v) is 6.86. The largest absolute Gasteiger partial charge is 0.423 e. The molecule has 3 rings (SSSR count). The quantitative estimate of drug-likeness (QED) is 0.665. The van der Waals surface area contributed by atoms with Crippen molar-refractivity contribution in [3.8, 4) is 0 Å². The lowest BCUT2D eigenvalue weighted by Gasteiger charge is -2.14. The smallest absolute Gasteiger partial charge is 0.336 e. The Morgan fingerprint density at radius 1 is 1.22 bits per heavy atom. The van der Waals surface area contributed by atoms with Gasteiger partial charge in [0.05, 0.1) is 5.56 Å². The van der Waals surface area contributed by atoms with Crippen LogP contribution in [0.1, 0.15) is 46.8 Å². The molecule has 0 fully saturated rings. The van der Waals surface area contributed by atoms with E-state index in [0.717, 1.165) is 16.5 Å². The molecule has 1 amide bonds. The summed E-state index contributed by atoms with van der Waals surface area (Å²) in [5, 5.41) is 3.95. The number of anilines is 1. The summed E-state index contributed by atoms with van der Waals surface area (Å²) in [6, 6.07) is 9.40. The van der Waals surface area contributed by atoms with Crippen LogP contribution in [0.3, 0.4) is 0 Å².